The van der Waals surface area contributed by atoms with Crippen molar-refractivity contribution in [3.05, 3.63) is 99.9 Å². The van der Waals surface area contributed by atoms with Crippen molar-refractivity contribution in [3.8, 4) is 0 Å². The average molecular weight is 472 g/mol. The van der Waals surface area contributed by atoms with Crippen LogP contribution in [0.15, 0.2) is 98.7 Å². The Labute approximate surface area is 203 Å². The number of para-hydroxylation sites is 1. The summed E-state index contributed by atoms with van der Waals surface area (Å²) in [5.41, 5.74) is 4.25. The van der Waals surface area contributed by atoms with Crippen molar-refractivity contribution in [1.29, 1.82) is 0 Å². The van der Waals surface area contributed by atoms with E-state index >= 15 is 0 Å². The molecule has 2 aliphatic heterocycles. The van der Waals surface area contributed by atoms with Crippen LogP contribution in [0.4, 0.5) is 11.4 Å². The van der Waals surface area contributed by atoms with Gasteiger partial charge in [-0.2, -0.15) is 0 Å². The van der Waals surface area contributed by atoms with E-state index < -0.39 is 0 Å². The number of benzene rings is 3. The number of aliphatic imine (C=N–C) groups is 1. The van der Waals surface area contributed by atoms with Gasteiger partial charge >= 0.3 is 0 Å². The van der Waals surface area contributed by atoms with Crippen molar-refractivity contribution in [2.75, 3.05) is 16.3 Å². The van der Waals surface area contributed by atoms with Crippen LogP contribution in [0.25, 0.3) is 0 Å². The number of aryl methyl sites for hydroxylation is 1. The Bertz CT molecular complexity index is 1270. The van der Waals surface area contributed by atoms with Crippen LogP contribution < -0.4 is 9.80 Å². The Kier molecular flexibility index (Phi) is 6.04. The number of hydrogen-bond donors (Lipinski definition) is 0. The first-order valence-corrected chi connectivity index (χ1v) is 12.7. The Morgan fingerprint density at radius 3 is 2.45 bits per heavy atom. The molecule has 0 aromatic heterocycles. The van der Waals surface area contributed by atoms with Crippen LogP contribution in [0.1, 0.15) is 31.0 Å². The quantitative estimate of drug-likeness (QED) is 0.384. The molecular formula is C27H25N3OS2. The minimum atomic E-state index is -0.0612. The number of rotatable bonds is 4. The zero-order chi connectivity index (χ0) is 22.9. The number of carbonyl (C=O) groups excluding carboxylic acids is 1. The van der Waals surface area contributed by atoms with E-state index in [2.05, 4.69) is 43.0 Å². The van der Waals surface area contributed by atoms with Crippen molar-refractivity contribution in [3.63, 3.8) is 0 Å². The minimum Gasteiger partial charge on any atom is -0.334 e. The number of thioether (sulfide) groups is 2. The fourth-order valence-corrected chi connectivity index (χ4v) is 6.53. The highest BCUT2D eigenvalue weighted by atomic mass is 32.2. The van der Waals surface area contributed by atoms with E-state index in [9.17, 15) is 4.79 Å². The maximum atomic E-state index is 13.9. The van der Waals surface area contributed by atoms with Gasteiger partial charge in [-0.1, -0.05) is 66.4 Å². The molecule has 1 amide bonds. The molecule has 2 heterocycles. The molecule has 33 heavy (non-hydrogen) atoms. The summed E-state index contributed by atoms with van der Waals surface area (Å²) in [6.45, 7) is 7.04. The molecule has 1 atom stereocenters. The molecule has 166 valence electrons. The van der Waals surface area contributed by atoms with Gasteiger partial charge in [-0.3, -0.25) is 14.7 Å². The first-order chi connectivity index (χ1) is 16.1. The summed E-state index contributed by atoms with van der Waals surface area (Å²) < 4.78 is 0. The lowest BCUT2D eigenvalue weighted by Gasteiger charge is -2.19. The van der Waals surface area contributed by atoms with Crippen LogP contribution in [0, 0.1) is 6.92 Å². The molecule has 1 saturated heterocycles. The maximum absolute atomic E-state index is 13.9. The van der Waals surface area contributed by atoms with Crippen molar-refractivity contribution in [2.24, 2.45) is 4.99 Å². The molecule has 0 bridgehead atoms. The first kappa shape index (κ1) is 21.9. The highest BCUT2D eigenvalue weighted by Crippen LogP contribution is 2.51. The normalized spacial score (nSPS) is 20.0. The third-order valence-corrected chi connectivity index (χ3v) is 8.10. The zero-order valence-electron chi connectivity index (χ0n) is 18.9. The number of amides is 1. The molecular weight excluding hydrogens is 446 g/mol. The van der Waals surface area contributed by atoms with Gasteiger partial charge in [0, 0.05) is 11.4 Å². The highest BCUT2D eigenvalue weighted by molar-refractivity contribution is 8.20. The van der Waals surface area contributed by atoms with Crippen LogP contribution in [-0.4, -0.2) is 17.6 Å². The number of hydrogen-bond acceptors (Lipinski definition) is 5. The fraction of sp³-hybridized carbons (Fsp3) is 0.185. The van der Waals surface area contributed by atoms with Crippen molar-refractivity contribution in [2.45, 2.75) is 31.7 Å². The molecule has 6 heteroatoms. The van der Waals surface area contributed by atoms with E-state index in [0.29, 0.717) is 0 Å². The van der Waals surface area contributed by atoms with Gasteiger partial charge in [0.15, 0.2) is 5.17 Å². The summed E-state index contributed by atoms with van der Waals surface area (Å²) in [6, 6.07) is 26.5. The molecule has 0 radical (unpaired) electrons. The fourth-order valence-electron chi connectivity index (χ4n) is 4.07. The summed E-state index contributed by atoms with van der Waals surface area (Å²) in [6.07, 6.45) is 0. The molecule has 0 spiro atoms. The van der Waals surface area contributed by atoms with Crippen LogP contribution >= 0.6 is 23.5 Å². The van der Waals surface area contributed by atoms with Gasteiger partial charge in [0.05, 0.1) is 17.4 Å². The van der Waals surface area contributed by atoms with E-state index in [1.165, 1.54) is 16.7 Å². The number of anilines is 2. The Hall–Kier alpha value is -2.96. The maximum Gasteiger partial charge on any atom is 0.274 e. The first-order valence-electron chi connectivity index (χ1n) is 11.1. The minimum absolute atomic E-state index is 0.0154. The predicted molar refractivity (Wildman–Crippen MR) is 141 cm³/mol. The monoisotopic (exact) mass is 471 g/mol. The van der Waals surface area contributed by atoms with E-state index in [0.717, 1.165) is 44.1 Å². The van der Waals surface area contributed by atoms with Crippen molar-refractivity contribution < 1.29 is 4.79 Å². The van der Waals surface area contributed by atoms with Crippen LogP contribution in [-0.2, 0) is 4.79 Å². The SMILES string of the molecule is CCN1/C(=C2/SC(=N[C@@H](C)c3ccccc3)N(c3cccc(C)c3)C2=O)Sc2ccccc21. The zero-order valence-corrected chi connectivity index (χ0v) is 20.5. The predicted octanol–water partition coefficient (Wildman–Crippen LogP) is 6.99. The lowest BCUT2D eigenvalue weighted by atomic mass is 10.1. The lowest BCUT2D eigenvalue weighted by Crippen LogP contribution is -2.30. The van der Waals surface area contributed by atoms with Gasteiger partial charge in [0.25, 0.3) is 5.91 Å². The van der Waals surface area contributed by atoms with E-state index in [-0.39, 0.29) is 11.9 Å². The van der Waals surface area contributed by atoms with Crippen molar-refractivity contribution >= 4 is 46.0 Å². The van der Waals surface area contributed by atoms with Gasteiger partial charge in [0.2, 0.25) is 0 Å². The second kappa shape index (κ2) is 9.12. The Morgan fingerprint density at radius 1 is 0.939 bits per heavy atom. The van der Waals surface area contributed by atoms with Gasteiger partial charge in [0.1, 0.15) is 9.93 Å². The molecule has 1 fully saturated rings. The number of carbonyl (C=O) groups is 1. The molecule has 0 N–H and O–H groups in total. The summed E-state index contributed by atoms with van der Waals surface area (Å²) in [5.74, 6) is -0.0154. The second-order valence-corrected chi connectivity index (χ2v) is 10.0. The van der Waals surface area contributed by atoms with E-state index in [4.69, 9.17) is 4.99 Å². The van der Waals surface area contributed by atoms with E-state index in [1.54, 1.807) is 16.7 Å². The van der Waals surface area contributed by atoms with Gasteiger partial charge in [-0.25, -0.2) is 0 Å². The molecule has 5 rings (SSSR count). The molecule has 2 aliphatic rings. The molecule has 0 saturated carbocycles. The van der Waals surface area contributed by atoms with Crippen molar-refractivity contribution in [1.82, 2.24) is 0 Å². The number of fused-ring (bicyclic) bond motifs is 1. The van der Waals surface area contributed by atoms with Crippen LogP contribution in [0.5, 0.6) is 0 Å². The van der Waals surface area contributed by atoms with Crippen LogP contribution in [0.3, 0.4) is 0 Å². The smallest absolute Gasteiger partial charge is 0.274 e. The number of nitrogens with zero attached hydrogens (tertiary/aromatic N) is 3. The largest absolute Gasteiger partial charge is 0.334 e. The molecule has 0 aliphatic carbocycles. The van der Waals surface area contributed by atoms with Crippen LogP contribution in [0.2, 0.25) is 0 Å². The Morgan fingerprint density at radius 2 is 1.70 bits per heavy atom. The lowest BCUT2D eigenvalue weighted by molar-refractivity contribution is -0.113. The highest BCUT2D eigenvalue weighted by Gasteiger charge is 2.40. The number of amidine groups is 1. The standard InChI is InChI=1S/C27H25N3OS2/c1-4-29-22-15-8-9-16-23(22)32-26(29)24-25(31)30(21-14-10-11-18(2)17-21)27(33-24)28-19(3)20-12-6-5-7-13-20/h5-17,19H,4H2,1-3H3/b26-24-,28-27?/t19-/m0/s1. The van der Waals surface area contributed by atoms with E-state index in [1.807, 2.05) is 61.5 Å². The third kappa shape index (κ3) is 4.09. The molecule has 3 aromatic rings. The summed E-state index contributed by atoms with van der Waals surface area (Å²) in [7, 11) is 0. The van der Waals surface area contributed by atoms with Gasteiger partial charge in [-0.15, -0.1) is 0 Å². The Balaban J connectivity index is 1.61. The van der Waals surface area contributed by atoms with Gasteiger partial charge in [-0.05, 0) is 67.9 Å². The average Bonchev–Trinajstić information content (AvgIpc) is 3.36. The second-order valence-electron chi connectivity index (χ2n) is 8.03. The third-order valence-electron chi connectivity index (χ3n) is 5.75. The summed E-state index contributed by atoms with van der Waals surface area (Å²) >= 11 is 3.15. The molecule has 4 nitrogen and oxygen atoms in total. The summed E-state index contributed by atoms with van der Waals surface area (Å²) in [5, 5.41) is 1.71. The molecule has 0 unspecified atom stereocenters. The summed E-state index contributed by atoms with van der Waals surface area (Å²) in [4.78, 5) is 24.8. The topological polar surface area (TPSA) is 35.9 Å². The molecule has 3 aromatic carbocycles. The van der Waals surface area contributed by atoms with Gasteiger partial charge < -0.3 is 4.90 Å².